The molecular formula is C19H20N4O4. The molecule has 2 aromatic carbocycles. The Morgan fingerprint density at radius 2 is 1.89 bits per heavy atom. The molecule has 140 valence electrons. The van der Waals surface area contributed by atoms with E-state index < -0.39 is 0 Å². The highest BCUT2D eigenvalue weighted by Crippen LogP contribution is 2.38. The number of amides is 1. The van der Waals surface area contributed by atoms with Crippen molar-refractivity contribution in [3.8, 4) is 17.2 Å². The zero-order valence-electron chi connectivity index (χ0n) is 15.5. The third kappa shape index (κ3) is 3.69. The summed E-state index contributed by atoms with van der Waals surface area (Å²) in [5.41, 5.74) is 5.22. The maximum atomic E-state index is 12.3. The van der Waals surface area contributed by atoms with Crippen LogP contribution in [0.15, 0.2) is 35.4 Å². The molecule has 0 fully saturated rings. The van der Waals surface area contributed by atoms with Crippen molar-refractivity contribution in [1.82, 2.24) is 15.4 Å². The van der Waals surface area contributed by atoms with Gasteiger partial charge in [-0.2, -0.15) is 5.10 Å². The van der Waals surface area contributed by atoms with Gasteiger partial charge in [-0.1, -0.05) is 0 Å². The molecule has 0 aliphatic heterocycles. The van der Waals surface area contributed by atoms with E-state index in [1.165, 1.54) is 20.4 Å². The van der Waals surface area contributed by atoms with Gasteiger partial charge in [-0.05, 0) is 37.3 Å². The standard InChI is InChI=1S/C19H20N4O4/c1-11-21-14-7-5-12(9-15(14)22-11)19(24)23-20-10-13-6-8-16(25-2)18(27-4)17(13)26-3/h5-10H,1-4H3,(H,21,22)(H,23,24)/b20-10+. The highest BCUT2D eigenvalue weighted by molar-refractivity contribution is 5.98. The van der Waals surface area contributed by atoms with Crippen molar-refractivity contribution in [2.45, 2.75) is 6.92 Å². The lowest BCUT2D eigenvalue weighted by atomic mass is 10.2. The van der Waals surface area contributed by atoms with Crippen LogP contribution in [0.4, 0.5) is 0 Å². The van der Waals surface area contributed by atoms with Gasteiger partial charge in [0.15, 0.2) is 11.5 Å². The maximum Gasteiger partial charge on any atom is 0.271 e. The van der Waals surface area contributed by atoms with Gasteiger partial charge in [0.1, 0.15) is 5.82 Å². The van der Waals surface area contributed by atoms with Gasteiger partial charge in [0.2, 0.25) is 5.75 Å². The molecular weight excluding hydrogens is 348 g/mol. The van der Waals surface area contributed by atoms with Crippen molar-refractivity contribution in [2.75, 3.05) is 21.3 Å². The van der Waals surface area contributed by atoms with Crippen LogP contribution in [0, 0.1) is 6.92 Å². The smallest absolute Gasteiger partial charge is 0.271 e. The fraction of sp³-hybridized carbons (Fsp3) is 0.211. The van der Waals surface area contributed by atoms with Crippen LogP contribution in [-0.2, 0) is 0 Å². The summed E-state index contributed by atoms with van der Waals surface area (Å²) in [6, 6.07) is 8.71. The Kier molecular flexibility index (Phi) is 5.25. The summed E-state index contributed by atoms with van der Waals surface area (Å²) < 4.78 is 16.0. The monoisotopic (exact) mass is 368 g/mol. The molecule has 0 spiro atoms. The molecule has 0 radical (unpaired) electrons. The quantitative estimate of drug-likeness (QED) is 0.515. The SMILES string of the molecule is COc1ccc(/C=N/NC(=O)c2ccc3nc(C)[nH]c3c2)c(OC)c1OC. The number of fused-ring (bicyclic) bond motifs is 1. The summed E-state index contributed by atoms with van der Waals surface area (Å²) in [4.78, 5) is 19.7. The second-order valence-corrected chi connectivity index (χ2v) is 5.68. The summed E-state index contributed by atoms with van der Waals surface area (Å²) in [5, 5.41) is 4.02. The Morgan fingerprint density at radius 1 is 1.11 bits per heavy atom. The molecule has 0 aliphatic carbocycles. The number of hydrazone groups is 1. The number of carbonyl (C=O) groups is 1. The Balaban J connectivity index is 1.78. The van der Waals surface area contributed by atoms with E-state index in [1.807, 2.05) is 6.92 Å². The fourth-order valence-electron chi connectivity index (χ4n) is 2.73. The summed E-state index contributed by atoms with van der Waals surface area (Å²) in [7, 11) is 4.59. The molecule has 0 unspecified atom stereocenters. The van der Waals surface area contributed by atoms with E-state index in [0.717, 1.165) is 16.9 Å². The van der Waals surface area contributed by atoms with E-state index in [-0.39, 0.29) is 5.91 Å². The van der Waals surface area contributed by atoms with Crippen LogP contribution in [0.1, 0.15) is 21.7 Å². The first-order valence-electron chi connectivity index (χ1n) is 8.16. The van der Waals surface area contributed by atoms with Gasteiger partial charge in [0, 0.05) is 11.1 Å². The van der Waals surface area contributed by atoms with Crippen LogP contribution in [-0.4, -0.2) is 43.4 Å². The van der Waals surface area contributed by atoms with E-state index in [1.54, 1.807) is 37.4 Å². The zero-order valence-corrected chi connectivity index (χ0v) is 15.5. The van der Waals surface area contributed by atoms with E-state index >= 15 is 0 Å². The molecule has 1 heterocycles. The number of aromatic nitrogens is 2. The Labute approximate surface area is 156 Å². The van der Waals surface area contributed by atoms with Crippen LogP contribution in [0.5, 0.6) is 17.2 Å². The van der Waals surface area contributed by atoms with E-state index in [2.05, 4.69) is 20.5 Å². The van der Waals surface area contributed by atoms with Gasteiger partial charge in [-0.15, -0.1) is 0 Å². The molecule has 0 saturated heterocycles. The zero-order chi connectivity index (χ0) is 19.4. The number of H-pyrrole nitrogens is 1. The minimum absolute atomic E-state index is 0.333. The van der Waals surface area contributed by atoms with Crippen molar-refractivity contribution >= 4 is 23.2 Å². The molecule has 8 heteroatoms. The third-order valence-corrected chi connectivity index (χ3v) is 3.97. The molecule has 3 aromatic rings. The first-order chi connectivity index (χ1) is 13.1. The van der Waals surface area contributed by atoms with E-state index in [0.29, 0.717) is 28.4 Å². The second-order valence-electron chi connectivity index (χ2n) is 5.68. The molecule has 0 bridgehead atoms. The second kappa shape index (κ2) is 7.77. The molecule has 0 atom stereocenters. The Hall–Kier alpha value is -3.55. The minimum atomic E-state index is -0.333. The minimum Gasteiger partial charge on any atom is -0.493 e. The van der Waals surface area contributed by atoms with Gasteiger partial charge >= 0.3 is 0 Å². The molecule has 2 N–H and O–H groups in total. The molecule has 27 heavy (non-hydrogen) atoms. The van der Waals surface area contributed by atoms with Crippen molar-refractivity contribution in [3.05, 3.63) is 47.3 Å². The van der Waals surface area contributed by atoms with Gasteiger partial charge in [-0.25, -0.2) is 10.4 Å². The van der Waals surface area contributed by atoms with E-state index in [9.17, 15) is 4.79 Å². The number of hydrogen-bond acceptors (Lipinski definition) is 6. The van der Waals surface area contributed by atoms with E-state index in [4.69, 9.17) is 14.2 Å². The highest BCUT2D eigenvalue weighted by Gasteiger charge is 2.14. The average molecular weight is 368 g/mol. The largest absolute Gasteiger partial charge is 0.493 e. The lowest BCUT2D eigenvalue weighted by Gasteiger charge is -2.13. The van der Waals surface area contributed by atoms with Crippen molar-refractivity contribution < 1.29 is 19.0 Å². The van der Waals surface area contributed by atoms with Crippen LogP contribution in [0.25, 0.3) is 11.0 Å². The molecule has 8 nitrogen and oxygen atoms in total. The average Bonchev–Trinajstić information content (AvgIpc) is 3.06. The molecule has 0 saturated carbocycles. The van der Waals surface area contributed by atoms with Crippen LogP contribution < -0.4 is 19.6 Å². The maximum absolute atomic E-state index is 12.3. The lowest BCUT2D eigenvalue weighted by Crippen LogP contribution is -2.17. The number of aryl methyl sites for hydroxylation is 1. The number of aromatic amines is 1. The topological polar surface area (TPSA) is 97.8 Å². The lowest BCUT2D eigenvalue weighted by molar-refractivity contribution is 0.0955. The number of carbonyl (C=O) groups excluding carboxylic acids is 1. The number of nitrogens with one attached hydrogen (secondary N) is 2. The van der Waals surface area contributed by atoms with Gasteiger partial charge in [0.25, 0.3) is 5.91 Å². The summed E-state index contributed by atoms with van der Waals surface area (Å²) in [5.74, 6) is 1.92. The predicted octanol–water partition coefficient (Wildman–Crippen LogP) is 2.66. The highest BCUT2D eigenvalue weighted by atomic mass is 16.5. The van der Waals surface area contributed by atoms with Gasteiger partial charge in [-0.3, -0.25) is 4.79 Å². The molecule has 3 rings (SSSR count). The molecule has 1 amide bonds. The van der Waals surface area contributed by atoms with Crippen molar-refractivity contribution in [1.29, 1.82) is 0 Å². The molecule has 1 aromatic heterocycles. The first-order valence-corrected chi connectivity index (χ1v) is 8.16. The van der Waals surface area contributed by atoms with Gasteiger partial charge in [0.05, 0.1) is 38.6 Å². The summed E-state index contributed by atoms with van der Waals surface area (Å²) >= 11 is 0. The third-order valence-electron chi connectivity index (χ3n) is 3.97. The van der Waals surface area contributed by atoms with Crippen LogP contribution in [0.2, 0.25) is 0 Å². The number of nitrogens with zero attached hydrogens (tertiary/aromatic N) is 2. The van der Waals surface area contributed by atoms with Crippen molar-refractivity contribution in [3.63, 3.8) is 0 Å². The number of rotatable bonds is 6. The summed E-state index contributed by atoms with van der Waals surface area (Å²) in [6.07, 6.45) is 1.48. The first kappa shape index (κ1) is 18.2. The molecule has 0 aliphatic rings. The number of ether oxygens (including phenoxy) is 3. The number of hydrogen-bond donors (Lipinski definition) is 2. The normalized spacial score (nSPS) is 11.0. The van der Waals surface area contributed by atoms with Crippen molar-refractivity contribution in [2.24, 2.45) is 5.10 Å². The van der Waals surface area contributed by atoms with Gasteiger partial charge < -0.3 is 19.2 Å². The van der Waals surface area contributed by atoms with Crippen LogP contribution >= 0.6 is 0 Å². The number of methoxy groups -OCH3 is 3. The summed E-state index contributed by atoms with van der Waals surface area (Å²) in [6.45, 7) is 1.86. The number of imidazole rings is 1. The predicted molar refractivity (Wildman–Crippen MR) is 102 cm³/mol. The Morgan fingerprint density at radius 3 is 2.59 bits per heavy atom. The number of benzene rings is 2. The van der Waals surface area contributed by atoms with Crippen LogP contribution in [0.3, 0.4) is 0 Å². The fourth-order valence-corrected chi connectivity index (χ4v) is 2.73. The Bertz CT molecular complexity index is 1010.